The molecule has 3 nitrogen and oxygen atoms in total. The van der Waals surface area contributed by atoms with E-state index in [-0.39, 0.29) is 25.0 Å². The smallest absolute Gasteiger partial charge is 0.306 e. The first-order chi connectivity index (χ1) is 11.6. The summed E-state index contributed by atoms with van der Waals surface area (Å²) in [7, 11) is 0. The lowest BCUT2D eigenvalue weighted by Gasteiger charge is -2.03. The Bertz CT molecular complexity index is 740. The number of Topliss-reactive ketones (excluding diaryl/α,β-unsaturated/α-hetero) is 1. The van der Waals surface area contributed by atoms with Gasteiger partial charge in [-0.25, -0.2) is 8.78 Å². The fourth-order valence-electron chi connectivity index (χ4n) is 2.03. The van der Waals surface area contributed by atoms with E-state index in [0.29, 0.717) is 6.07 Å². The number of ketones is 1. The Labute approximate surface area is 138 Å². The summed E-state index contributed by atoms with van der Waals surface area (Å²) in [4.78, 5) is 23.4. The van der Waals surface area contributed by atoms with Gasteiger partial charge in [-0.3, -0.25) is 9.59 Å². The monoisotopic (exact) mass is 330 g/mol. The number of halogens is 2. The molecule has 0 unspecified atom stereocenters. The van der Waals surface area contributed by atoms with Crippen molar-refractivity contribution in [3.05, 3.63) is 77.4 Å². The molecule has 5 heteroatoms. The quantitative estimate of drug-likeness (QED) is 0.565. The number of hydrogen-bond acceptors (Lipinski definition) is 3. The maximum Gasteiger partial charge on any atom is 0.306 e. The molecule has 0 N–H and O–H groups in total. The summed E-state index contributed by atoms with van der Waals surface area (Å²) in [5, 5.41) is 0. The lowest BCUT2D eigenvalue weighted by atomic mass is 10.1. The lowest BCUT2D eigenvalue weighted by molar-refractivity contribution is -0.142. The second-order valence-electron chi connectivity index (χ2n) is 5.04. The molecule has 0 amide bonds. The van der Waals surface area contributed by atoms with E-state index in [1.54, 1.807) is 6.08 Å². The summed E-state index contributed by atoms with van der Waals surface area (Å²) >= 11 is 0. The van der Waals surface area contributed by atoms with Crippen LogP contribution in [0.3, 0.4) is 0 Å². The highest BCUT2D eigenvalue weighted by Crippen LogP contribution is 2.13. The van der Waals surface area contributed by atoms with Crippen LogP contribution in [0.1, 0.15) is 28.8 Å². The predicted octanol–water partition coefficient (Wildman–Crippen LogP) is 4.18. The van der Waals surface area contributed by atoms with E-state index in [1.165, 1.54) is 0 Å². The zero-order valence-corrected chi connectivity index (χ0v) is 12.9. The van der Waals surface area contributed by atoms with E-state index in [1.807, 2.05) is 36.4 Å². The number of esters is 1. The average molecular weight is 330 g/mol. The average Bonchev–Trinajstić information content (AvgIpc) is 2.57. The van der Waals surface area contributed by atoms with E-state index in [0.717, 1.165) is 17.7 Å². The molecule has 0 aliphatic rings. The SMILES string of the molecule is O=C(CCC(=O)c1ccc(F)cc1F)OC/C=C/c1ccccc1. The molecule has 0 saturated carbocycles. The van der Waals surface area contributed by atoms with Gasteiger partial charge in [0.1, 0.15) is 18.2 Å². The van der Waals surface area contributed by atoms with Crippen LogP contribution in [0.4, 0.5) is 8.78 Å². The summed E-state index contributed by atoms with van der Waals surface area (Å²) in [6, 6.07) is 12.2. The Morgan fingerprint density at radius 3 is 2.46 bits per heavy atom. The highest BCUT2D eigenvalue weighted by molar-refractivity contribution is 5.97. The summed E-state index contributed by atoms with van der Waals surface area (Å²) in [5.74, 6) is -2.80. The maximum absolute atomic E-state index is 13.4. The number of ether oxygens (including phenoxy) is 1. The van der Waals surface area contributed by atoms with Gasteiger partial charge in [-0.05, 0) is 23.8 Å². The number of hydrogen-bond donors (Lipinski definition) is 0. The number of carbonyl (C=O) groups is 2. The van der Waals surface area contributed by atoms with Crippen molar-refractivity contribution in [2.45, 2.75) is 12.8 Å². The fourth-order valence-corrected chi connectivity index (χ4v) is 2.03. The van der Waals surface area contributed by atoms with Crippen LogP contribution in [0.5, 0.6) is 0 Å². The minimum Gasteiger partial charge on any atom is -0.461 e. The highest BCUT2D eigenvalue weighted by Gasteiger charge is 2.14. The standard InChI is InChI=1S/C19H16F2O3/c20-15-8-9-16(17(21)13-15)18(22)10-11-19(23)24-12-4-7-14-5-2-1-3-6-14/h1-9,13H,10-12H2/b7-4+. The van der Waals surface area contributed by atoms with Gasteiger partial charge in [0.2, 0.25) is 0 Å². The van der Waals surface area contributed by atoms with Crippen LogP contribution in [0, 0.1) is 11.6 Å². The van der Waals surface area contributed by atoms with Crippen LogP contribution >= 0.6 is 0 Å². The molecule has 0 fully saturated rings. The van der Waals surface area contributed by atoms with E-state index >= 15 is 0 Å². The first kappa shape index (κ1) is 17.5. The van der Waals surface area contributed by atoms with E-state index in [4.69, 9.17) is 4.74 Å². The Morgan fingerprint density at radius 2 is 1.75 bits per heavy atom. The molecule has 0 aliphatic heterocycles. The van der Waals surface area contributed by atoms with Crippen molar-refractivity contribution in [2.24, 2.45) is 0 Å². The van der Waals surface area contributed by atoms with Gasteiger partial charge in [-0.1, -0.05) is 36.4 Å². The second kappa shape index (κ2) is 8.72. The van der Waals surface area contributed by atoms with E-state index in [9.17, 15) is 18.4 Å². The van der Waals surface area contributed by atoms with Crippen LogP contribution < -0.4 is 0 Å². The molecule has 0 heterocycles. The zero-order chi connectivity index (χ0) is 17.4. The normalized spacial score (nSPS) is 10.8. The fraction of sp³-hybridized carbons (Fsp3) is 0.158. The van der Waals surface area contributed by atoms with Gasteiger partial charge in [0, 0.05) is 12.5 Å². The number of carbonyl (C=O) groups excluding carboxylic acids is 2. The molecule has 0 aliphatic carbocycles. The summed E-state index contributed by atoms with van der Waals surface area (Å²) < 4.78 is 31.2. The molecule has 124 valence electrons. The van der Waals surface area contributed by atoms with Crippen molar-refractivity contribution in [3.8, 4) is 0 Å². The van der Waals surface area contributed by atoms with Crippen LogP contribution in [-0.4, -0.2) is 18.4 Å². The van der Waals surface area contributed by atoms with Gasteiger partial charge >= 0.3 is 5.97 Å². The molecule has 24 heavy (non-hydrogen) atoms. The van der Waals surface area contributed by atoms with Gasteiger partial charge in [0.05, 0.1) is 12.0 Å². The van der Waals surface area contributed by atoms with Gasteiger partial charge in [0.15, 0.2) is 5.78 Å². The minimum atomic E-state index is -0.931. The molecule has 0 saturated heterocycles. The third-order valence-corrected chi connectivity index (χ3v) is 3.24. The lowest BCUT2D eigenvalue weighted by Crippen LogP contribution is -2.09. The third kappa shape index (κ3) is 5.43. The molecule has 2 aromatic rings. The first-order valence-electron chi connectivity index (χ1n) is 7.42. The van der Waals surface area contributed by atoms with Crippen LogP contribution in [0.2, 0.25) is 0 Å². The topological polar surface area (TPSA) is 43.4 Å². The minimum absolute atomic E-state index is 0.0901. The predicted molar refractivity (Wildman–Crippen MR) is 86.4 cm³/mol. The molecule has 0 bridgehead atoms. The maximum atomic E-state index is 13.4. The molecule has 0 radical (unpaired) electrons. The van der Waals surface area contributed by atoms with Crippen molar-refractivity contribution in [2.75, 3.05) is 6.61 Å². The first-order valence-corrected chi connectivity index (χ1v) is 7.42. The van der Waals surface area contributed by atoms with E-state index in [2.05, 4.69) is 0 Å². The summed E-state index contributed by atoms with van der Waals surface area (Å²) in [5.41, 5.74) is 0.753. The van der Waals surface area contributed by atoms with Crippen LogP contribution in [0.15, 0.2) is 54.6 Å². The largest absolute Gasteiger partial charge is 0.461 e. The third-order valence-electron chi connectivity index (χ3n) is 3.24. The summed E-state index contributed by atoms with van der Waals surface area (Å²) in [6.07, 6.45) is 3.15. The van der Waals surface area contributed by atoms with Crippen molar-refractivity contribution in [1.29, 1.82) is 0 Å². The highest BCUT2D eigenvalue weighted by atomic mass is 19.1. The molecule has 0 aromatic heterocycles. The Morgan fingerprint density at radius 1 is 1.00 bits per heavy atom. The zero-order valence-electron chi connectivity index (χ0n) is 12.9. The van der Waals surface area contributed by atoms with Crippen molar-refractivity contribution < 1.29 is 23.1 Å². The van der Waals surface area contributed by atoms with Crippen molar-refractivity contribution in [1.82, 2.24) is 0 Å². The molecule has 0 atom stereocenters. The number of rotatable bonds is 7. The van der Waals surface area contributed by atoms with Gasteiger partial charge < -0.3 is 4.74 Å². The van der Waals surface area contributed by atoms with Crippen LogP contribution in [0.25, 0.3) is 6.08 Å². The molecule has 0 spiro atoms. The Kier molecular flexibility index (Phi) is 6.37. The summed E-state index contributed by atoms with van der Waals surface area (Å²) in [6.45, 7) is 0.0901. The van der Waals surface area contributed by atoms with Gasteiger partial charge in [-0.15, -0.1) is 0 Å². The molecule has 2 rings (SSSR count). The van der Waals surface area contributed by atoms with E-state index < -0.39 is 23.4 Å². The molecular weight excluding hydrogens is 314 g/mol. The van der Waals surface area contributed by atoms with Crippen LogP contribution in [-0.2, 0) is 9.53 Å². The molecular formula is C19H16F2O3. The second-order valence-corrected chi connectivity index (χ2v) is 5.04. The van der Waals surface area contributed by atoms with Gasteiger partial charge in [0.25, 0.3) is 0 Å². The number of benzene rings is 2. The molecule has 2 aromatic carbocycles. The Hall–Kier alpha value is -2.82. The van der Waals surface area contributed by atoms with Crippen molar-refractivity contribution >= 4 is 17.8 Å². The Balaban J connectivity index is 1.74. The van der Waals surface area contributed by atoms with Gasteiger partial charge in [-0.2, -0.15) is 0 Å². The van der Waals surface area contributed by atoms with Crippen molar-refractivity contribution in [3.63, 3.8) is 0 Å².